The van der Waals surface area contributed by atoms with E-state index in [-0.39, 0.29) is 18.5 Å². The number of amides is 3. The molecule has 1 aliphatic heterocycles. The van der Waals surface area contributed by atoms with Gasteiger partial charge >= 0.3 is 6.03 Å². The number of hydrogen-bond donors (Lipinski definition) is 1. The Morgan fingerprint density at radius 3 is 2.47 bits per heavy atom. The lowest BCUT2D eigenvalue weighted by molar-refractivity contribution is -0.125. The van der Waals surface area contributed by atoms with Crippen LogP contribution in [0, 0.1) is 0 Å². The van der Waals surface area contributed by atoms with E-state index in [1.807, 2.05) is 6.92 Å². The van der Waals surface area contributed by atoms with Crippen molar-refractivity contribution in [3.63, 3.8) is 0 Å². The molecule has 0 aromatic carbocycles. The molecule has 0 radical (unpaired) electrons. The van der Waals surface area contributed by atoms with Crippen LogP contribution in [0.2, 0.25) is 0 Å². The fourth-order valence-corrected chi connectivity index (χ4v) is 1.20. The number of carbonyl (C=O) groups is 2. The number of unbranched alkanes of at least 4 members (excludes halogenated alkanes) is 2. The van der Waals surface area contributed by atoms with Crippen molar-refractivity contribution in [3.05, 3.63) is 12.7 Å². The fourth-order valence-electron chi connectivity index (χ4n) is 1.20. The van der Waals surface area contributed by atoms with E-state index >= 15 is 0 Å². The maximum Gasteiger partial charge on any atom is 0.324 e. The molecule has 86 valence electrons. The Labute approximate surface area is 91.3 Å². The highest BCUT2D eigenvalue weighted by molar-refractivity contribution is 6.01. The molecule has 0 aromatic rings. The molecule has 3 amide bonds. The van der Waals surface area contributed by atoms with Gasteiger partial charge in [0.1, 0.15) is 0 Å². The second-order valence-corrected chi connectivity index (χ2v) is 3.32. The number of urea groups is 1. The zero-order valence-electron chi connectivity index (χ0n) is 9.58. The lowest BCUT2D eigenvalue weighted by Crippen LogP contribution is -2.31. The van der Waals surface area contributed by atoms with Gasteiger partial charge in [0.2, 0.25) is 5.91 Å². The van der Waals surface area contributed by atoms with Gasteiger partial charge in [-0.1, -0.05) is 25.8 Å². The summed E-state index contributed by atoms with van der Waals surface area (Å²) in [6.07, 6.45) is 4.83. The molecule has 1 N–H and O–H groups in total. The Morgan fingerprint density at radius 2 is 2.07 bits per heavy atom. The van der Waals surface area contributed by atoms with Crippen molar-refractivity contribution in [1.82, 2.24) is 10.2 Å². The first-order valence-electron chi connectivity index (χ1n) is 5.32. The van der Waals surface area contributed by atoms with Gasteiger partial charge in [-0.05, 0) is 13.3 Å². The molecule has 1 saturated heterocycles. The largest absolute Gasteiger partial charge is 0.329 e. The minimum absolute atomic E-state index is 0.101. The van der Waals surface area contributed by atoms with Gasteiger partial charge in [-0.15, -0.1) is 6.58 Å². The summed E-state index contributed by atoms with van der Waals surface area (Å²) >= 11 is 0. The number of carbonyl (C=O) groups excluding carboxylic acids is 2. The van der Waals surface area contributed by atoms with E-state index in [2.05, 4.69) is 18.8 Å². The van der Waals surface area contributed by atoms with Crippen LogP contribution in [0.25, 0.3) is 0 Å². The molecule has 1 aliphatic rings. The molecule has 0 bridgehead atoms. The van der Waals surface area contributed by atoms with E-state index in [4.69, 9.17) is 0 Å². The second kappa shape index (κ2) is 8.03. The van der Waals surface area contributed by atoms with Crippen LogP contribution in [0.5, 0.6) is 0 Å². The average Bonchev–Trinajstić information content (AvgIpc) is 2.50. The molecular formula is C11H20N2O2. The fraction of sp³-hybridized carbons (Fsp3) is 0.636. The quantitative estimate of drug-likeness (QED) is 0.439. The molecule has 15 heavy (non-hydrogen) atoms. The van der Waals surface area contributed by atoms with Crippen molar-refractivity contribution in [2.75, 3.05) is 13.1 Å². The lowest BCUT2D eigenvalue weighted by Gasteiger charge is -2.10. The second-order valence-electron chi connectivity index (χ2n) is 3.32. The molecular weight excluding hydrogens is 192 g/mol. The summed E-state index contributed by atoms with van der Waals surface area (Å²) in [5.74, 6) is -0.101. The molecule has 4 nitrogen and oxygen atoms in total. The first-order chi connectivity index (χ1) is 7.17. The zero-order chi connectivity index (χ0) is 11.7. The van der Waals surface area contributed by atoms with Crippen molar-refractivity contribution in [3.8, 4) is 0 Å². The van der Waals surface area contributed by atoms with Gasteiger partial charge in [0, 0.05) is 6.54 Å². The predicted octanol–water partition coefficient (Wildman–Crippen LogP) is 1.92. The topological polar surface area (TPSA) is 49.4 Å². The highest BCUT2D eigenvalue weighted by Gasteiger charge is 2.27. The number of hydrogen-bond acceptors (Lipinski definition) is 2. The highest BCUT2D eigenvalue weighted by Crippen LogP contribution is 2.02. The summed E-state index contributed by atoms with van der Waals surface area (Å²) in [7, 11) is 0. The summed E-state index contributed by atoms with van der Waals surface area (Å²) in [6.45, 7) is 8.08. The van der Waals surface area contributed by atoms with Gasteiger partial charge in [-0.2, -0.15) is 0 Å². The van der Waals surface area contributed by atoms with E-state index in [1.165, 1.54) is 4.90 Å². The van der Waals surface area contributed by atoms with Crippen LogP contribution in [-0.2, 0) is 4.79 Å². The summed E-state index contributed by atoms with van der Waals surface area (Å²) in [5, 5.41) is 2.48. The zero-order valence-corrected chi connectivity index (χ0v) is 9.58. The van der Waals surface area contributed by atoms with Crippen molar-refractivity contribution in [1.29, 1.82) is 0 Å². The third-order valence-electron chi connectivity index (χ3n) is 1.92. The minimum Gasteiger partial charge on any atom is -0.329 e. The minimum atomic E-state index is -0.240. The molecule has 4 heteroatoms. The normalized spacial score (nSPS) is 14.4. The monoisotopic (exact) mass is 212 g/mol. The van der Waals surface area contributed by atoms with Gasteiger partial charge in [0.25, 0.3) is 0 Å². The Balaban J connectivity index is 0.000000583. The van der Waals surface area contributed by atoms with Gasteiger partial charge < -0.3 is 5.32 Å². The highest BCUT2D eigenvalue weighted by atomic mass is 16.2. The van der Waals surface area contributed by atoms with Crippen LogP contribution in [0.1, 0.15) is 33.1 Å². The first kappa shape index (κ1) is 13.7. The van der Waals surface area contributed by atoms with Crippen LogP contribution in [0.15, 0.2) is 12.7 Å². The van der Waals surface area contributed by atoms with E-state index in [1.54, 1.807) is 6.08 Å². The van der Waals surface area contributed by atoms with Crippen LogP contribution >= 0.6 is 0 Å². The summed E-state index contributed by atoms with van der Waals surface area (Å²) in [5.41, 5.74) is 0. The Morgan fingerprint density at radius 1 is 1.47 bits per heavy atom. The molecule has 0 unspecified atom stereocenters. The van der Waals surface area contributed by atoms with Crippen molar-refractivity contribution in [2.45, 2.75) is 33.1 Å². The van der Waals surface area contributed by atoms with Crippen molar-refractivity contribution < 1.29 is 9.59 Å². The van der Waals surface area contributed by atoms with Crippen molar-refractivity contribution in [2.24, 2.45) is 0 Å². The summed E-state index contributed by atoms with van der Waals surface area (Å²) < 4.78 is 0. The van der Waals surface area contributed by atoms with Crippen LogP contribution < -0.4 is 5.32 Å². The van der Waals surface area contributed by atoms with Crippen LogP contribution in [-0.4, -0.2) is 29.9 Å². The molecule has 0 aliphatic carbocycles. The van der Waals surface area contributed by atoms with Crippen LogP contribution in [0.3, 0.4) is 0 Å². The SMILES string of the molecule is C=CC.CCCCCN1C(=O)CNC1=O. The lowest BCUT2D eigenvalue weighted by atomic mass is 10.2. The van der Waals surface area contributed by atoms with E-state index < -0.39 is 0 Å². The number of nitrogens with one attached hydrogen (secondary N) is 1. The smallest absolute Gasteiger partial charge is 0.324 e. The molecule has 0 spiro atoms. The maximum atomic E-state index is 11.0. The standard InChI is InChI=1S/C8H14N2O2.C3H6/c1-2-3-4-5-10-7(11)6-9-8(10)12;1-3-2/h2-6H2,1H3,(H,9,12);3H,1H2,2H3. The first-order valence-corrected chi connectivity index (χ1v) is 5.32. The van der Waals surface area contributed by atoms with Gasteiger partial charge in [-0.3, -0.25) is 9.69 Å². The molecule has 1 rings (SSSR count). The molecule has 0 atom stereocenters. The van der Waals surface area contributed by atoms with E-state index in [0.29, 0.717) is 6.54 Å². The van der Waals surface area contributed by atoms with Crippen LogP contribution in [0.4, 0.5) is 4.79 Å². The van der Waals surface area contributed by atoms with Gasteiger partial charge in [0.05, 0.1) is 6.54 Å². The number of allylic oxidation sites excluding steroid dienone is 1. The molecule has 1 fully saturated rings. The number of imide groups is 1. The van der Waals surface area contributed by atoms with Gasteiger partial charge in [0.15, 0.2) is 0 Å². The summed E-state index contributed by atoms with van der Waals surface area (Å²) in [4.78, 5) is 23.3. The Hall–Kier alpha value is -1.32. The molecule has 0 saturated carbocycles. The van der Waals surface area contributed by atoms with Crippen molar-refractivity contribution >= 4 is 11.9 Å². The van der Waals surface area contributed by atoms with E-state index in [9.17, 15) is 9.59 Å². The maximum absolute atomic E-state index is 11.0. The Bertz CT molecular complexity index is 211. The molecule has 1 heterocycles. The average molecular weight is 212 g/mol. The molecule has 0 aromatic heterocycles. The third kappa shape index (κ3) is 5.20. The third-order valence-corrected chi connectivity index (χ3v) is 1.92. The number of nitrogens with zero attached hydrogens (tertiary/aromatic N) is 1. The Kier molecular flexibility index (Phi) is 7.32. The number of rotatable bonds is 4. The summed E-state index contributed by atoms with van der Waals surface area (Å²) in [6, 6.07) is -0.240. The predicted molar refractivity (Wildman–Crippen MR) is 60.5 cm³/mol. The van der Waals surface area contributed by atoms with Gasteiger partial charge in [-0.25, -0.2) is 4.79 Å². The van der Waals surface area contributed by atoms with E-state index in [0.717, 1.165) is 19.3 Å².